The number of aryl methyl sites for hydroxylation is 1. The van der Waals surface area contributed by atoms with Crippen molar-refractivity contribution in [1.29, 1.82) is 0 Å². The summed E-state index contributed by atoms with van der Waals surface area (Å²) >= 11 is 0. The van der Waals surface area contributed by atoms with E-state index in [2.05, 4.69) is 54.1 Å². The molecule has 0 unspecified atom stereocenters. The summed E-state index contributed by atoms with van der Waals surface area (Å²) in [6.07, 6.45) is 2.17. The van der Waals surface area contributed by atoms with Crippen molar-refractivity contribution in [2.24, 2.45) is 0 Å². The monoisotopic (exact) mass is 270 g/mol. The topological polar surface area (TPSA) is 37.2 Å². The Bertz CT molecular complexity index is 597. The van der Waals surface area contributed by atoms with Crippen molar-refractivity contribution < 1.29 is 5.11 Å². The molecular weight excluding hydrogens is 248 g/mol. The van der Waals surface area contributed by atoms with Gasteiger partial charge in [0.2, 0.25) is 0 Å². The second kappa shape index (κ2) is 5.08. The van der Waals surface area contributed by atoms with Gasteiger partial charge in [-0.25, -0.2) is 0 Å². The van der Waals surface area contributed by atoms with Crippen LogP contribution in [0, 0.1) is 13.8 Å². The number of benzene rings is 1. The molecule has 0 aliphatic heterocycles. The predicted octanol–water partition coefficient (Wildman–Crippen LogP) is 2.71. The molecule has 0 saturated heterocycles. The summed E-state index contributed by atoms with van der Waals surface area (Å²) in [5.74, 6) is 0. The molecule has 1 fully saturated rings. The second-order valence-corrected chi connectivity index (χ2v) is 5.86. The van der Waals surface area contributed by atoms with Gasteiger partial charge in [-0.15, -0.1) is 0 Å². The Balaban J connectivity index is 1.84. The highest BCUT2D eigenvalue weighted by Crippen LogP contribution is 2.35. The van der Waals surface area contributed by atoms with Gasteiger partial charge in [0, 0.05) is 29.2 Å². The van der Waals surface area contributed by atoms with Crippen LogP contribution in [0.3, 0.4) is 0 Å². The number of nitrogens with one attached hydrogen (secondary N) is 1. The third-order valence-electron chi connectivity index (χ3n) is 4.36. The maximum absolute atomic E-state index is 9.37. The molecular formula is C17H22N2O. The van der Waals surface area contributed by atoms with Crippen molar-refractivity contribution >= 4 is 0 Å². The fraction of sp³-hybridized carbons (Fsp3) is 0.412. The standard InChI is InChI=1S/C17H22N2O/c1-13-10-15(11-18-17(12-20)8-9-17)14(2)19(13)16-6-4-3-5-7-16/h3-7,10,18,20H,8-9,11-12H2,1-2H3. The lowest BCUT2D eigenvalue weighted by Crippen LogP contribution is -2.34. The smallest absolute Gasteiger partial charge is 0.0613 e. The van der Waals surface area contributed by atoms with Crippen LogP contribution in [0.4, 0.5) is 0 Å². The summed E-state index contributed by atoms with van der Waals surface area (Å²) in [4.78, 5) is 0. The second-order valence-electron chi connectivity index (χ2n) is 5.86. The molecule has 3 nitrogen and oxygen atoms in total. The zero-order valence-electron chi connectivity index (χ0n) is 12.2. The summed E-state index contributed by atoms with van der Waals surface area (Å²) in [5.41, 5.74) is 5.03. The SMILES string of the molecule is Cc1cc(CNC2(CO)CC2)c(C)n1-c1ccccc1. The van der Waals surface area contributed by atoms with Gasteiger partial charge in [-0.2, -0.15) is 0 Å². The van der Waals surface area contributed by atoms with Crippen LogP contribution in [0.25, 0.3) is 5.69 Å². The normalized spacial score (nSPS) is 16.4. The van der Waals surface area contributed by atoms with Crippen LogP contribution in [0.5, 0.6) is 0 Å². The number of aliphatic hydroxyl groups excluding tert-OH is 1. The van der Waals surface area contributed by atoms with Gasteiger partial charge >= 0.3 is 0 Å². The van der Waals surface area contributed by atoms with Crippen molar-refractivity contribution in [1.82, 2.24) is 9.88 Å². The molecule has 1 aliphatic rings. The molecule has 1 aromatic carbocycles. The molecule has 1 aliphatic carbocycles. The zero-order valence-corrected chi connectivity index (χ0v) is 12.2. The fourth-order valence-corrected chi connectivity index (χ4v) is 2.81. The average molecular weight is 270 g/mol. The summed E-state index contributed by atoms with van der Waals surface area (Å²) in [6.45, 7) is 5.37. The molecule has 1 heterocycles. The number of hydrogen-bond acceptors (Lipinski definition) is 2. The molecule has 20 heavy (non-hydrogen) atoms. The Morgan fingerprint density at radius 1 is 1.20 bits per heavy atom. The number of hydrogen-bond donors (Lipinski definition) is 2. The molecule has 1 saturated carbocycles. The first-order chi connectivity index (χ1) is 9.65. The van der Waals surface area contributed by atoms with E-state index in [4.69, 9.17) is 0 Å². The van der Waals surface area contributed by atoms with E-state index in [1.165, 1.54) is 22.6 Å². The maximum atomic E-state index is 9.37. The van der Waals surface area contributed by atoms with Crippen LogP contribution in [-0.4, -0.2) is 21.8 Å². The lowest BCUT2D eigenvalue weighted by molar-refractivity contribution is 0.229. The van der Waals surface area contributed by atoms with Gasteiger partial charge in [0.1, 0.15) is 0 Å². The number of aromatic nitrogens is 1. The summed E-state index contributed by atoms with van der Waals surface area (Å²) in [5, 5.41) is 12.9. The minimum absolute atomic E-state index is 0.00477. The largest absolute Gasteiger partial charge is 0.394 e. The fourth-order valence-electron chi connectivity index (χ4n) is 2.81. The molecule has 1 aromatic heterocycles. The summed E-state index contributed by atoms with van der Waals surface area (Å²) < 4.78 is 2.29. The van der Waals surface area contributed by atoms with Gasteiger partial charge in [0.05, 0.1) is 6.61 Å². The Kier molecular flexibility index (Phi) is 3.40. The van der Waals surface area contributed by atoms with Gasteiger partial charge in [-0.05, 0) is 50.5 Å². The number of aliphatic hydroxyl groups is 1. The third-order valence-corrected chi connectivity index (χ3v) is 4.36. The molecule has 0 radical (unpaired) electrons. The minimum Gasteiger partial charge on any atom is -0.394 e. The first-order valence-corrected chi connectivity index (χ1v) is 7.24. The van der Waals surface area contributed by atoms with Crippen molar-refractivity contribution in [3.05, 3.63) is 53.3 Å². The molecule has 0 atom stereocenters. The van der Waals surface area contributed by atoms with Gasteiger partial charge < -0.3 is 15.0 Å². The van der Waals surface area contributed by atoms with E-state index in [0.717, 1.165) is 19.4 Å². The van der Waals surface area contributed by atoms with E-state index < -0.39 is 0 Å². The van der Waals surface area contributed by atoms with E-state index in [1.54, 1.807) is 0 Å². The van der Waals surface area contributed by atoms with E-state index in [0.29, 0.717) is 0 Å². The third kappa shape index (κ3) is 2.39. The summed E-state index contributed by atoms with van der Waals surface area (Å²) in [7, 11) is 0. The highest BCUT2D eigenvalue weighted by molar-refractivity contribution is 5.41. The first kappa shape index (κ1) is 13.4. The maximum Gasteiger partial charge on any atom is 0.0613 e. The van der Waals surface area contributed by atoms with Crippen LogP contribution >= 0.6 is 0 Å². The number of rotatable bonds is 5. The Morgan fingerprint density at radius 2 is 1.90 bits per heavy atom. The molecule has 3 rings (SSSR count). The highest BCUT2D eigenvalue weighted by Gasteiger charge is 2.41. The van der Waals surface area contributed by atoms with Crippen LogP contribution in [0.15, 0.2) is 36.4 Å². The molecule has 2 aromatic rings. The highest BCUT2D eigenvalue weighted by atomic mass is 16.3. The number of para-hydroxylation sites is 1. The van der Waals surface area contributed by atoms with Crippen LogP contribution in [-0.2, 0) is 6.54 Å². The molecule has 2 N–H and O–H groups in total. The average Bonchev–Trinajstić information content (AvgIpc) is 3.19. The van der Waals surface area contributed by atoms with E-state index >= 15 is 0 Å². The van der Waals surface area contributed by atoms with Gasteiger partial charge in [-0.1, -0.05) is 18.2 Å². The van der Waals surface area contributed by atoms with E-state index in [1.807, 2.05) is 6.07 Å². The molecule has 0 spiro atoms. The van der Waals surface area contributed by atoms with Crippen molar-refractivity contribution in [3.8, 4) is 5.69 Å². The minimum atomic E-state index is -0.00477. The lowest BCUT2D eigenvalue weighted by atomic mass is 10.2. The first-order valence-electron chi connectivity index (χ1n) is 7.24. The van der Waals surface area contributed by atoms with Crippen molar-refractivity contribution in [3.63, 3.8) is 0 Å². The van der Waals surface area contributed by atoms with E-state index in [9.17, 15) is 5.11 Å². The van der Waals surface area contributed by atoms with Crippen molar-refractivity contribution in [2.75, 3.05) is 6.61 Å². The molecule has 0 bridgehead atoms. The van der Waals surface area contributed by atoms with Crippen LogP contribution in [0.1, 0.15) is 29.8 Å². The van der Waals surface area contributed by atoms with Crippen molar-refractivity contribution in [2.45, 2.75) is 38.8 Å². The van der Waals surface area contributed by atoms with Gasteiger partial charge in [0.15, 0.2) is 0 Å². The lowest BCUT2D eigenvalue weighted by Gasteiger charge is -2.14. The summed E-state index contributed by atoms with van der Waals surface area (Å²) in [6, 6.07) is 12.7. The Labute approximate surface area is 120 Å². The van der Waals surface area contributed by atoms with Gasteiger partial charge in [-0.3, -0.25) is 0 Å². The van der Waals surface area contributed by atoms with E-state index in [-0.39, 0.29) is 12.1 Å². The predicted molar refractivity (Wildman–Crippen MR) is 81.1 cm³/mol. The zero-order chi connectivity index (χ0) is 14.2. The Morgan fingerprint density at radius 3 is 2.50 bits per heavy atom. The Hall–Kier alpha value is -1.58. The molecule has 0 amide bonds. The van der Waals surface area contributed by atoms with Crippen LogP contribution < -0.4 is 5.32 Å². The molecule has 106 valence electrons. The number of nitrogens with zero attached hydrogens (tertiary/aromatic N) is 1. The molecule has 3 heteroatoms. The van der Waals surface area contributed by atoms with Crippen LogP contribution in [0.2, 0.25) is 0 Å². The quantitative estimate of drug-likeness (QED) is 0.876. The van der Waals surface area contributed by atoms with Gasteiger partial charge in [0.25, 0.3) is 0 Å².